The van der Waals surface area contributed by atoms with Crippen molar-refractivity contribution in [2.45, 2.75) is 25.7 Å². The number of hydrogen-bond donors (Lipinski definition) is 0. The summed E-state index contributed by atoms with van der Waals surface area (Å²) in [5.74, 6) is 5.02. The Hall–Kier alpha value is -3.74. The Morgan fingerprint density at radius 2 is 0.833 bits per heavy atom. The quantitative estimate of drug-likeness (QED) is 0.317. The lowest BCUT2D eigenvalue weighted by Crippen LogP contribution is -2.03. The maximum absolute atomic E-state index is 5.70. The Morgan fingerprint density at radius 1 is 0.389 bits per heavy atom. The Labute approximate surface area is 213 Å². The van der Waals surface area contributed by atoms with Crippen LogP contribution in [0.3, 0.4) is 0 Å². The molecule has 0 fully saturated rings. The fourth-order valence-electron chi connectivity index (χ4n) is 4.28. The third kappa shape index (κ3) is 6.27. The minimum atomic E-state index is 0.585. The molecule has 0 aromatic heterocycles. The molecule has 7 heteroatoms. The van der Waals surface area contributed by atoms with Gasteiger partial charge in [0.1, 0.15) is 23.0 Å². The van der Waals surface area contributed by atoms with Crippen LogP contribution in [0.25, 0.3) is 0 Å². The van der Waals surface area contributed by atoms with Gasteiger partial charge in [-0.25, -0.2) is 0 Å². The van der Waals surface area contributed by atoms with Crippen LogP contribution >= 0.6 is 0 Å². The molecule has 3 aromatic carbocycles. The highest BCUT2D eigenvalue weighted by atomic mass is 16.5. The minimum absolute atomic E-state index is 0.585. The normalized spacial score (nSPS) is 10.5. The summed E-state index contributed by atoms with van der Waals surface area (Å²) < 4.78 is 38.7. The molecule has 0 bridgehead atoms. The van der Waals surface area contributed by atoms with Gasteiger partial charge in [0.25, 0.3) is 0 Å². The van der Waals surface area contributed by atoms with Crippen molar-refractivity contribution in [1.29, 1.82) is 0 Å². The van der Waals surface area contributed by atoms with Crippen molar-refractivity contribution in [3.63, 3.8) is 0 Å². The zero-order valence-corrected chi connectivity index (χ0v) is 22.2. The van der Waals surface area contributed by atoms with Gasteiger partial charge in [0.15, 0.2) is 11.5 Å². The predicted molar refractivity (Wildman–Crippen MR) is 140 cm³/mol. The van der Waals surface area contributed by atoms with Crippen molar-refractivity contribution in [1.82, 2.24) is 0 Å². The molecule has 3 aromatic rings. The average Bonchev–Trinajstić information content (AvgIpc) is 2.93. The van der Waals surface area contributed by atoms with Crippen LogP contribution in [-0.2, 0) is 25.7 Å². The van der Waals surface area contributed by atoms with Gasteiger partial charge in [-0.15, -0.1) is 0 Å². The maximum atomic E-state index is 5.70. The summed E-state index contributed by atoms with van der Waals surface area (Å²) in [6, 6.07) is 14.0. The van der Waals surface area contributed by atoms with Crippen molar-refractivity contribution in [3.05, 3.63) is 64.7 Å². The number of hydrogen-bond acceptors (Lipinski definition) is 7. The van der Waals surface area contributed by atoms with Crippen LogP contribution in [0.5, 0.6) is 40.2 Å². The molecular weight excluding hydrogens is 460 g/mol. The van der Waals surface area contributed by atoms with Crippen LogP contribution in [0, 0.1) is 0 Å². The minimum Gasteiger partial charge on any atom is -0.497 e. The first-order valence-corrected chi connectivity index (χ1v) is 11.7. The molecule has 0 amide bonds. The van der Waals surface area contributed by atoms with Gasteiger partial charge in [-0.1, -0.05) is 0 Å². The number of benzene rings is 3. The van der Waals surface area contributed by atoms with E-state index >= 15 is 0 Å². The number of aryl methyl sites for hydroxylation is 4. The van der Waals surface area contributed by atoms with E-state index in [4.69, 9.17) is 33.2 Å². The average molecular weight is 497 g/mol. The van der Waals surface area contributed by atoms with Gasteiger partial charge in [0, 0.05) is 12.1 Å². The third-order valence-corrected chi connectivity index (χ3v) is 6.19. The molecule has 0 unspecified atom stereocenters. The summed E-state index contributed by atoms with van der Waals surface area (Å²) in [5, 5.41) is 0. The topological polar surface area (TPSA) is 64.6 Å². The van der Waals surface area contributed by atoms with E-state index in [-0.39, 0.29) is 0 Å². The highest BCUT2D eigenvalue weighted by Crippen LogP contribution is 2.39. The second kappa shape index (κ2) is 12.8. The fraction of sp³-hybridized carbons (Fsp3) is 0.379. The first-order chi connectivity index (χ1) is 17.5. The van der Waals surface area contributed by atoms with E-state index in [0.29, 0.717) is 17.2 Å². The first kappa shape index (κ1) is 26.9. The van der Waals surface area contributed by atoms with Crippen LogP contribution in [0.15, 0.2) is 42.5 Å². The Balaban J connectivity index is 1.85. The Kier molecular flexibility index (Phi) is 9.56. The number of methoxy groups -OCH3 is 7. The molecule has 0 atom stereocenters. The van der Waals surface area contributed by atoms with Crippen molar-refractivity contribution in [2.24, 2.45) is 0 Å². The molecule has 0 aliphatic carbocycles. The number of ether oxygens (including phenoxy) is 7. The zero-order chi connectivity index (χ0) is 26.1. The van der Waals surface area contributed by atoms with E-state index in [1.54, 1.807) is 49.8 Å². The summed E-state index contributed by atoms with van der Waals surface area (Å²) >= 11 is 0. The Bertz CT molecular complexity index is 1110. The van der Waals surface area contributed by atoms with Crippen LogP contribution in [0.1, 0.15) is 22.3 Å². The molecule has 0 aliphatic heterocycles. The molecular formula is C29H36O7. The molecule has 0 N–H and O–H groups in total. The summed E-state index contributed by atoms with van der Waals surface area (Å²) in [5.41, 5.74) is 4.42. The summed E-state index contributed by atoms with van der Waals surface area (Å²) in [6.07, 6.45) is 3.14. The van der Waals surface area contributed by atoms with E-state index in [0.717, 1.165) is 70.9 Å². The largest absolute Gasteiger partial charge is 0.497 e. The molecule has 0 saturated carbocycles. The highest BCUT2D eigenvalue weighted by Gasteiger charge is 2.16. The van der Waals surface area contributed by atoms with Crippen molar-refractivity contribution in [3.8, 4) is 40.2 Å². The van der Waals surface area contributed by atoms with Gasteiger partial charge in [0.05, 0.1) is 49.8 Å². The van der Waals surface area contributed by atoms with E-state index in [2.05, 4.69) is 6.07 Å². The van der Waals surface area contributed by atoms with Crippen LogP contribution in [0.2, 0.25) is 0 Å². The van der Waals surface area contributed by atoms with E-state index in [1.807, 2.05) is 36.4 Å². The highest BCUT2D eigenvalue weighted by molar-refractivity contribution is 5.54. The van der Waals surface area contributed by atoms with Crippen LogP contribution in [-0.4, -0.2) is 49.8 Å². The summed E-state index contributed by atoms with van der Waals surface area (Å²) in [4.78, 5) is 0. The molecule has 0 aliphatic rings. The third-order valence-electron chi connectivity index (χ3n) is 6.19. The standard InChI is InChI=1S/C29H36O7/c1-30-23-12-19(13-24(17-23)31-2)8-10-21-16-22(26(33-4)18-25(21)32-3)11-9-20-14-27(34-5)29(36-7)28(15-20)35-6/h12-18H,8-11H2,1-7H3. The van der Waals surface area contributed by atoms with Gasteiger partial charge in [0.2, 0.25) is 5.75 Å². The maximum Gasteiger partial charge on any atom is 0.203 e. The first-order valence-electron chi connectivity index (χ1n) is 11.7. The van der Waals surface area contributed by atoms with Crippen LogP contribution in [0.4, 0.5) is 0 Å². The lowest BCUT2D eigenvalue weighted by molar-refractivity contribution is 0.324. The lowest BCUT2D eigenvalue weighted by Gasteiger charge is -2.17. The van der Waals surface area contributed by atoms with Gasteiger partial charge in [-0.2, -0.15) is 0 Å². The molecule has 0 saturated heterocycles. The summed E-state index contributed by atoms with van der Waals surface area (Å²) in [7, 11) is 11.5. The second-order valence-corrected chi connectivity index (χ2v) is 8.23. The van der Waals surface area contributed by atoms with E-state index in [9.17, 15) is 0 Å². The molecule has 194 valence electrons. The van der Waals surface area contributed by atoms with Crippen LogP contribution < -0.4 is 33.2 Å². The van der Waals surface area contributed by atoms with Crippen molar-refractivity contribution in [2.75, 3.05) is 49.8 Å². The Morgan fingerprint density at radius 3 is 1.22 bits per heavy atom. The van der Waals surface area contributed by atoms with Gasteiger partial charge in [-0.3, -0.25) is 0 Å². The molecule has 3 rings (SSSR count). The fourth-order valence-corrected chi connectivity index (χ4v) is 4.28. The lowest BCUT2D eigenvalue weighted by atomic mass is 9.97. The smallest absolute Gasteiger partial charge is 0.203 e. The molecule has 0 heterocycles. The van der Waals surface area contributed by atoms with Gasteiger partial charge in [-0.05, 0) is 78.3 Å². The van der Waals surface area contributed by atoms with Gasteiger partial charge >= 0.3 is 0 Å². The van der Waals surface area contributed by atoms with E-state index < -0.39 is 0 Å². The predicted octanol–water partition coefficient (Wildman–Crippen LogP) is 5.32. The number of rotatable bonds is 13. The molecule has 0 radical (unpaired) electrons. The SMILES string of the molecule is COc1cc(CCc2cc(CCc3cc(OC)c(OC)c(OC)c3)c(OC)cc2OC)cc(OC)c1. The zero-order valence-electron chi connectivity index (χ0n) is 22.2. The monoisotopic (exact) mass is 496 g/mol. The molecule has 7 nitrogen and oxygen atoms in total. The second-order valence-electron chi connectivity index (χ2n) is 8.23. The van der Waals surface area contributed by atoms with Crippen molar-refractivity contribution < 1.29 is 33.2 Å². The molecule has 36 heavy (non-hydrogen) atoms. The van der Waals surface area contributed by atoms with E-state index in [1.165, 1.54) is 0 Å². The van der Waals surface area contributed by atoms with Gasteiger partial charge < -0.3 is 33.2 Å². The molecule has 0 spiro atoms. The van der Waals surface area contributed by atoms with Crippen molar-refractivity contribution >= 4 is 0 Å². The summed E-state index contributed by atoms with van der Waals surface area (Å²) in [6.45, 7) is 0.